The van der Waals surface area contributed by atoms with Gasteiger partial charge in [-0.3, -0.25) is 4.98 Å². The normalized spacial score (nSPS) is 18.6. The average Bonchev–Trinajstić information content (AvgIpc) is 2.47. The minimum atomic E-state index is -0.373. The van der Waals surface area contributed by atoms with Crippen molar-refractivity contribution in [2.24, 2.45) is 5.92 Å². The number of rotatable bonds is 3. The van der Waals surface area contributed by atoms with Crippen molar-refractivity contribution in [3.05, 3.63) is 42.2 Å². The van der Waals surface area contributed by atoms with Crippen molar-refractivity contribution < 1.29 is 5.11 Å². The summed E-state index contributed by atoms with van der Waals surface area (Å²) in [5, 5.41) is 12.8. The van der Waals surface area contributed by atoms with Crippen molar-refractivity contribution in [3.63, 3.8) is 0 Å². The zero-order valence-corrected chi connectivity index (χ0v) is 11.3. The van der Waals surface area contributed by atoms with Crippen LogP contribution in [0.15, 0.2) is 36.7 Å². The molecule has 0 radical (unpaired) electrons. The molecule has 1 aliphatic carbocycles. The number of aliphatic hydroxyl groups excluding tert-OH is 1. The van der Waals surface area contributed by atoms with E-state index >= 15 is 0 Å². The quantitative estimate of drug-likeness (QED) is 0.890. The summed E-state index contributed by atoms with van der Waals surface area (Å²) < 4.78 is 0. The van der Waals surface area contributed by atoms with Gasteiger partial charge in [0.2, 0.25) is 0 Å². The molecule has 2 aromatic rings. The van der Waals surface area contributed by atoms with Gasteiger partial charge in [-0.2, -0.15) is 0 Å². The van der Waals surface area contributed by atoms with Gasteiger partial charge in [0.1, 0.15) is 0 Å². The van der Waals surface area contributed by atoms with Crippen LogP contribution < -0.4 is 0 Å². The first-order valence-corrected chi connectivity index (χ1v) is 7.35. The maximum Gasteiger partial charge on any atom is 0.0813 e. The van der Waals surface area contributed by atoms with Gasteiger partial charge >= 0.3 is 0 Å². The predicted molar refractivity (Wildman–Crippen MR) is 77.9 cm³/mol. The van der Waals surface area contributed by atoms with Crippen LogP contribution in [0.25, 0.3) is 10.8 Å². The highest BCUT2D eigenvalue weighted by Gasteiger charge is 2.19. The molecule has 2 nitrogen and oxygen atoms in total. The van der Waals surface area contributed by atoms with E-state index in [1.54, 1.807) is 0 Å². The van der Waals surface area contributed by atoms with Crippen LogP contribution in [0.5, 0.6) is 0 Å². The molecule has 2 heteroatoms. The SMILES string of the molecule is OC(CC1CCCCC1)c1cncc2ccccc12. The first-order valence-electron chi connectivity index (χ1n) is 7.35. The number of pyridine rings is 1. The van der Waals surface area contributed by atoms with Crippen molar-refractivity contribution in [1.82, 2.24) is 4.98 Å². The first kappa shape index (κ1) is 12.6. The molecule has 19 heavy (non-hydrogen) atoms. The molecule has 1 heterocycles. The van der Waals surface area contributed by atoms with Gasteiger partial charge < -0.3 is 5.11 Å². The molecule has 1 aromatic carbocycles. The Hall–Kier alpha value is -1.41. The number of aromatic nitrogens is 1. The number of aliphatic hydroxyl groups is 1. The summed E-state index contributed by atoms with van der Waals surface area (Å²) in [5.74, 6) is 0.683. The molecule has 0 spiro atoms. The van der Waals surface area contributed by atoms with Crippen LogP contribution in [0.2, 0.25) is 0 Å². The van der Waals surface area contributed by atoms with Crippen LogP contribution in [0.1, 0.15) is 50.2 Å². The monoisotopic (exact) mass is 255 g/mol. The minimum absolute atomic E-state index is 0.373. The van der Waals surface area contributed by atoms with Crippen molar-refractivity contribution in [1.29, 1.82) is 0 Å². The largest absolute Gasteiger partial charge is 0.388 e. The molecule has 1 fully saturated rings. The van der Waals surface area contributed by atoms with E-state index < -0.39 is 0 Å². The van der Waals surface area contributed by atoms with Crippen LogP contribution in [-0.2, 0) is 0 Å². The molecular weight excluding hydrogens is 234 g/mol. The predicted octanol–water partition coefficient (Wildman–Crippen LogP) is 4.24. The third-order valence-corrected chi connectivity index (χ3v) is 4.34. The summed E-state index contributed by atoms with van der Waals surface area (Å²) in [4.78, 5) is 4.27. The Balaban J connectivity index is 1.82. The Morgan fingerprint density at radius 1 is 1.11 bits per heavy atom. The number of fused-ring (bicyclic) bond motifs is 1. The van der Waals surface area contributed by atoms with Crippen molar-refractivity contribution >= 4 is 10.8 Å². The lowest BCUT2D eigenvalue weighted by Gasteiger charge is -2.24. The van der Waals surface area contributed by atoms with Crippen LogP contribution in [-0.4, -0.2) is 10.1 Å². The Morgan fingerprint density at radius 3 is 2.74 bits per heavy atom. The lowest BCUT2D eigenvalue weighted by atomic mass is 9.84. The second-order valence-corrected chi connectivity index (χ2v) is 5.71. The van der Waals surface area contributed by atoms with Crippen molar-refractivity contribution in [2.75, 3.05) is 0 Å². The second-order valence-electron chi connectivity index (χ2n) is 5.71. The lowest BCUT2D eigenvalue weighted by molar-refractivity contribution is 0.132. The van der Waals surface area contributed by atoms with E-state index in [1.165, 1.54) is 32.1 Å². The average molecular weight is 255 g/mol. The highest BCUT2D eigenvalue weighted by atomic mass is 16.3. The molecule has 100 valence electrons. The van der Waals surface area contributed by atoms with E-state index in [4.69, 9.17) is 0 Å². The summed E-state index contributed by atoms with van der Waals surface area (Å²) in [5.41, 5.74) is 0.990. The van der Waals surface area contributed by atoms with Gasteiger partial charge in [0.05, 0.1) is 6.10 Å². The highest BCUT2D eigenvalue weighted by Crippen LogP contribution is 2.33. The van der Waals surface area contributed by atoms with E-state index in [9.17, 15) is 5.11 Å². The molecular formula is C17H21NO. The van der Waals surface area contributed by atoms with Crippen LogP contribution in [0.3, 0.4) is 0 Å². The fourth-order valence-corrected chi connectivity index (χ4v) is 3.27. The second kappa shape index (κ2) is 5.70. The Morgan fingerprint density at radius 2 is 1.89 bits per heavy atom. The third-order valence-electron chi connectivity index (χ3n) is 4.34. The highest BCUT2D eigenvalue weighted by molar-refractivity contribution is 5.84. The van der Waals surface area contributed by atoms with Gasteiger partial charge in [-0.25, -0.2) is 0 Å². The summed E-state index contributed by atoms with van der Waals surface area (Å²) in [6, 6.07) is 8.18. The smallest absolute Gasteiger partial charge is 0.0813 e. The van der Waals surface area contributed by atoms with Gasteiger partial charge in [-0.05, 0) is 17.7 Å². The number of nitrogens with zero attached hydrogens (tertiary/aromatic N) is 1. The van der Waals surface area contributed by atoms with Crippen LogP contribution in [0.4, 0.5) is 0 Å². The van der Waals surface area contributed by atoms with Crippen molar-refractivity contribution in [2.45, 2.75) is 44.6 Å². The molecule has 3 rings (SSSR count). The van der Waals surface area contributed by atoms with E-state index in [1.807, 2.05) is 24.5 Å². The number of hydrogen-bond acceptors (Lipinski definition) is 2. The number of hydrogen-bond donors (Lipinski definition) is 1. The molecule has 1 unspecified atom stereocenters. The molecule has 0 bridgehead atoms. The van der Waals surface area contributed by atoms with Gasteiger partial charge in [0, 0.05) is 23.3 Å². The molecule has 1 aliphatic rings. The van der Waals surface area contributed by atoms with E-state index in [-0.39, 0.29) is 6.10 Å². The van der Waals surface area contributed by atoms with Gasteiger partial charge in [0.25, 0.3) is 0 Å². The Bertz CT molecular complexity index is 540. The molecule has 0 saturated heterocycles. The molecule has 1 N–H and O–H groups in total. The zero-order chi connectivity index (χ0) is 13.1. The Kier molecular flexibility index (Phi) is 3.79. The first-order chi connectivity index (χ1) is 9.34. The summed E-state index contributed by atoms with van der Waals surface area (Å²) in [6.45, 7) is 0. The molecule has 1 atom stereocenters. The van der Waals surface area contributed by atoms with Crippen LogP contribution in [0, 0.1) is 5.92 Å². The lowest BCUT2D eigenvalue weighted by Crippen LogP contribution is -2.11. The molecule has 0 aliphatic heterocycles. The maximum atomic E-state index is 10.5. The third kappa shape index (κ3) is 2.79. The molecule has 0 amide bonds. The minimum Gasteiger partial charge on any atom is -0.388 e. The van der Waals surface area contributed by atoms with Gasteiger partial charge in [0.15, 0.2) is 0 Å². The Labute approximate surface area is 114 Å². The molecule has 1 aromatic heterocycles. The fourth-order valence-electron chi connectivity index (χ4n) is 3.27. The topological polar surface area (TPSA) is 33.1 Å². The standard InChI is InChI=1S/C17H21NO/c19-17(10-13-6-2-1-3-7-13)16-12-18-11-14-8-4-5-9-15(14)16/h4-5,8-9,11-13,17,19H,1-3,6-7,10H2. The van der Waals surface area contributed by atoms with Crippen molar-refractivity contribution in [3.8, 4) is 0 Å². The van der Waals surface area contributed by atoms with E-state index in [0.29, 0.717) is 5.92 Å². The van der Waals surface area contributed by atoms with Crippen LogP contribution >= 0.6 is 0 Å². The fraction of sp³-hybridized carbons (Fsp3) is 0.471. The van der Waals surface area contributed by atoms with Gasteiger partial charge in [-0.1, -0.05) is 56.4 Å². The molecule has 1 saturated carbocycles. The zero-order valence-electron chi connectivity index (χ0n) is 11.3. The summed E-state index contributed by atoms with van der Waals surface area (Å²) in [6.07, 6.45) is 10.8. The van der Waals surface area contributed by atoms with Gasteiger partial charge in [-0.15, -0.1) is 0 Å². The summed E-state index contributed by atoms with van der Waals surface area (Å²) >= 11 is 0. The number of benzene rings is 1. The van der Waals surface area contributed by atoms with E-state index in [2.05, 4.69) is 17.1 Å². The van der Waals surface area contributed by atoms with E-state index in [0.717, 1.165) is 22.8 Å². The maximum absolute atomic E-state index is 10.5. The summed E-state index contributed by atoms with van der Waals surface area (Å²) in [7, 11) is 0.